The Balaban J connectivity index is 1.96. The van der Waals surface area contributed by atoms with Crippen molar-refractivity contribution in [3.05, 3.63) is 0 Å². The van der Waals surface area contributed by atoms with Crippen molar-refractivity contribution in [2.75, 3.05) is 20.2 Å². The molecular formula is C14H28N2O. The van der Waals surface area contributed by atoms with Crippen LogP contribution in [0, 0.1) is 5.92 Å². The first-order valence-corrected chi connectivity index (χ1v) is 7.24. The highest BCUT2D eigenvalue weighted by Crippen LogP contribution is 2.27. The molecule has 100 valence electrons. The van der Waals surface area contributed by atoms with E-state index in [1.54, 1.807) is 0 Å². The summed E-state index contributed by atoms with van der Waals surface area (Å²) in [6.07, 6.45) is 8.17. The molecule has 0 aromatic heterocycles. The lowest BCUT2D eigenvalue weighted by molar-refractivity contribution is -0.0235. The predicted molar refractivity (Wildman–Crippen MR) is 71.0 cm³/mol. The number of nitrogens with zero attached hydrogens (tertiary/aromatic N) is 1. The molecule has 0 amide bonds. The maximum absolute atomic E-state index is 6.35. The molecule has 2 aliphatic rings. The summed E-state index contributed by atoms with van der Waals surface area (Å²) in [5.41, 5.74) is 6.35. The van der Waals surface area contributed by atoms with Gasteiger partial charge in [-0.25, -0.2) is 0 Å². The molecule has 0 spiro atoms. The van der Waals surface area contributed by atoms with Crippen LogP contribution in [-0.2, 0) is 4.74 Å². The van der Waals surface area contributed by atoms with E-state index in [1.807, 2.05) is 7.11 Å². The molecule has 0 radical (unpaired) electrons. The summed E-state index contributed by atoms with van der Waals surface area (Å²) < 4.78 is 5.61. The van der Waals surface area contributed by atoms with E-state index in [9.17, 15) is 0 Å². The number of nitrogens with two attached hydrogens (primary N) is 1. The number of piperidine rings is 1. The average molecular weight is 240 g/mol. The third-order valence-electron chi connectivity index (χ3n) is 4.72. The van der Waals surface area contributed by atoms with Crippen LogP contribution < -0.4 is 5.73 Å². The molecule has 3 nitrogen and oxygen atoms in total. The molecule has 2 N–H and O–H groups in total. The lowest BCUT2D eigenvalue weighted by Crippen LogP contribution is -2.54. The monoisotopic (exact) mass is 240 g/mol. The van der Waals surface area contributed by atoms with E-state index in [4.69, 9.17) is 10.5 Å². The Labute approximate surface area is 106 Å². The van der Waals surface area contributed by atoms with Gasteiger partial charge in [-0.1, -0.05) is 26.2 Å². The van der Waals surface area contributed by atoms with Crippen LogP contribution in [0.4, 0.5) is 0 Å². The first-order valence-electron chi connectivity index (χ1n) is 7.24. The summed E-state index contributed by atoms with van der Waals surface area (Å²) in [5, 5.41) is 0. The van der Waals surface area contributed by atoms with Crippen molar-refractivity contribution in [3.8, 4) is 0 Å². The quantitative estimate of drug-likeness (QED) is 0.750. The van der Waals surface area contributed by atoms with Crippen LogP contribution in [0.2, 0.25) is 0 Å². The minimum absolute atomic E-state index is 0.378. The molecule has 1 saturated heterocycles. The van der Waals surface area contributed by atoms with Crippen LogP contribution >= 0.6 is 0 Å². The molecule has 1 aliphatic carbocycles. The largest absolute Gasteiger partial charge is 0.380 e. The van der Waals surface area contributed by atoms with Gasteiger partial charge >= 0.3 is 0 Å². The zero-order chi connectivity index (χ0) is 12.3. The second kappa shape index (κ2) is 6.17. The summed E-state index contributed by atoms with van der Waals surface area (Å²) in [5.74, 6) is 0.693. The van der Waals surface area contributed by atoms with Gasteiger partial charge in [-0.2, -0.15) is 0 Å². The fourth-order valence-electron chi connectivity index (χ4n) is 3.44. The van der Waals surface area contributed by atoms with E-state index in [-0.39, 0.29) is 0 Å². The molecule has 0 aromatic rings. The molecule has 0 aromatic carbocycles. The van der Waals surface area contributed by atoms with E-state index in [0.717, 1.165) is 6.54 Å². The van der Waals surface area contributed by atoms with Gasteiger partial charge in [-0.05, 0) is 31.7 Å². The number of ether oxygens (including phenoxy) is 1. The fourth-order valence-corrected chi connectivity index (χ4v) is 3.44. The lowest BCUT2D eigenvalue weighted by Gasteiger charge is -2.42. The Morgan fingerprint density at radius 1 is 1.12 bits per heavy atom. The molecule has 1 heterocycles. The molecule has 3 heteroatoms. The molecule has 2 rings (SSSR count). The van der Waals surface area contributed by atoms with Crippen molar-refractivity contribution in [1.29, 1.82) is 0 Å². The summed E-state index contributed by atoms with van der Waals surface area (Å²) >= 11 is 0. The normalized spacial score (nSPS) is 41.1. The predicted octanol–water partition coefficient (Wildman–Crippen LogP) is 2.00. The Kier molecular flexibility index (Phi) is 4.83. The number of rotatable bonds is 2. The Morgan fingerprint density at radius 2 is 1.88 bits per heavy atom. The number of methoxy groups -OCH3 is 1. The van der Waals surface area contributed by atoms with Gasteiger partial charge in [0.05, 0.1) is 6.10 Å². The molecule has 2 fully saturated rings. The minimum Gasteiger partial charge on any atom is -0.380 e. The van der Waals surface area contributed by atoms with Crippen LogP contribution in [0.1, 0.15) is 45.4 Å². The molecule has 17 heavy (non-hydrogen) atoms. The second-order valence-corrected chi connectivity index (χ2v) is 5.90. The highest BCUT2D eigenvalue weighted by molar-refractivity contribution is 4.89. The van der Waals surface area contributed by atoms with Crippen molar-refractivity contribution in [2.24, 2.45) is 11.7 Å². The van der Waals surface area contributed by atoms with E-state index < -0.39 is 0 Å². The topological polar surface area (TPSA) is 38.5 Å². The van der Waals surface area contributed by atoms with Crippen molar-refractivity contribution in [2.45, 2.75) is 63.6 Å². The fraction of sp³-hybridized carbons (Fsp3) is 1.00. The van der Waals surface area contributed by atoms with Crippen LogP contribution in [-0.4, -0.2) is 43.3 Å². The molecular weight excluding hydrogens is 212 g/mol. The van der Waals surface area contributed by atoms with Crippen molar-refractivity contribution in [3.63, 3.8) is 0 Å². The highest BCUT2D eigenvalue weighted by Gasteiger charge is 2.33. The van der Waals surface area contributed by atoms with Crippen LogP contribution in [0.25, 0.3) is 0 Å². The zero-order valence-electron chi connectivity index (χ0n) is 11.4. The van der Waals surface area contributed by atoms with Crippen molar-refractivity contribution >= 4 is 0 Å². The SMILES string of the molecule is COC1CN(C2CCCCCC2N)CCC1C. The molecule has 0 bridgehead atoms. The minimum atomic E-state index is 0.378. The highest BCUT2D eigenvalue weighted by atomic mass is 16.5. The maximum atomic E-state index is 6.35. The first kappa shape index (κ1) is 13.3. The molecule has 4 unspecified atom stereocenters. The zero-order valence-corrected chi connectivity index (χ0v) is 11.4. The van der Waals surface area contributed by atoms with Gasteiger partial charge in [-0.3, -0.25) is 4.90 Å². The van der Waals surface area contributed by atoms with Gasteiger partial charge in [0.2, 0.25) is 0 Å². The third-order valence-corrected chi connectivity index (χ3v) is 4.72. The lowest BCUT2D eigenvalue weighted by atomic mass is 9.92. The van der Waals surface area contributed by atoms with E-state index >= 15 is 0 Å². The summed E-state index contributed by atoms with van der Waals surface area (Å²) in [6, 6.07) is 0.978. The van der Waals surface area contributed by atoms with E-state index in [0.29, 0.717) is 24.1 Å². The number of hydrogen-bond donors (Lipinski definition) is 1. The maximum Gasteiger partial charge on any atom is 0.0724 e. The van der Waals surface area contributed by atoms with Gasteiger partial charge in [0.15, 0.2) is 0 Å². The standard InChI is InChI=1S/C14H28N2O/c1-11-8-9-16(10-14(11)17-2)13-7-5-3-4-6-12(13)15/h11-14H,3-10,15H2,1-2H3. The average Bonchev–Trinajstić information content (AvgIpc) is 2.55. The van der Waals surface area contributed by atoms with Crippen LogP contribution in [0.3, 0.4) is 0 Å². The van der Waals surface area contributed by atoms with E-state index in [1.165, 1.54) is 45.1 Å². The molecule has 1 aliphatic heterocycles. The van der Waals surface area contributed by atoms with Gasteiger partial charge in [-0.15, -0.1) is 0 Å². The number of hydrogen-bond acceptors (Lipinski definition) is 3. The van der Waals surface area contributed by atoms with E-state index in [2.05, 4.69) is 11.8 Å². The second-order valence-electron chi connectivity index (χ2n) is 5.90. The van der Waals surface area contributed by atoms with Gasteiger partial charge in [0.25, 0.3) is 0 Å². The van der Waals surface area contributed by atoms with Crippen molar-refractivity contribution < 1.29 is 4.74 Å². The van der Waals surface area contributed by atoms with Gasteiger partial charge in [0.1, 0.15) is 0 Å². The molecule has 4 atom stereocenters. The Morgan fingerprint density at radius 3 is 2.65 bits per heavy atom. The molecule has 1 saturated carbocycles. The van der Waals surface area contributed by atoms with Gasteiger partial charge in [0, 0.05) is 25.7 Å². The summed E-state index contributed by atoms with van der Waals surface area (Å²) in [4.78, 5) is 2.60. The third kappa shape index (κ3) is 3.21. The summed E-state index contributed by atoms with van der Waals surface area (Å²) in [6.45, 7) is 4.59. The Bertz CT molecular complexity index is 234. The van der Waals surface area contributed by atoms with Gasteiger partial charge < -0.3 is 10.5 Å². The van der Waals surface area contributed by atoms with Crippen LogP contribution in [0.15, 0.2) is 0 Å². The van der Waals surface area contributed by atoms with Crippen molar-refractivity contribution in [1.82, 2.24) is 4.90 Å². The van der Waals surface area contributed by atoms with Crippen LogP contribution in [0.5, 0.6) is 0 Å². The summed E-state index contributed by atoms with van der Waals surface area (Å²) in [7, 11) is 1.84. The first-order chi connectivity index (χ1) is 8.22. The smallest absolute Gasteiger partial charge is 0.0724 e. The Hall–Kier alpha value is -0.120. The number of likely N-dealkylation sites (tertiary alicyclic amines) is 1.